The van der Waals surface area contributed by atoms with Crippen molar-refractivity contribution in [2.45, 2.75) is 31.5 Å². The third-order valence-corrected chi connectivity index (χ3v) is 5.05. The van der Waals surface area contributed by atoms with E-state index < -0.39 is 35.6 Å². The molecule has 0 radical (unpaired) electrons. The van der Waals surface area contributed by atoms with E-state index >= 15 is 0 Å². The lowest BCUT2D eigenvalue weighted by atomic mass is 9.86. The summed E-state index contributed by atoms with van der Waals surface area (Å²) < 4.78 is 64.7. The molecule has 1 aliphatic rings. The molecule has 2 heterocycles. The summed E-state index contributed by atoms with van der Waals surface area (Å²) in [6.07, 6.45) is -1.67. The highest BCUT2D eigenvalue weighted by Crippen LogP contribution is 2.26. The Bertz CT molecular complexity index is 916. The Morgan fingerprint density at radius 2 is 1.78 bits per heavy atom. The van der Waals surface area contributed by atoms with Gasteiger partial charge in [0.05, 0.1) is 5.56 Å². The van der Waals surface area contributed by atoms with Gasteiger partial charge in [-0.3, -0.25) is 9.59 Å². The first-order valence-corrected chi connectivity index (χ1v) is 9.52. The minimum absolute atomic E-state index is 0.00516. The van der Waals surface area contributed by atoms with Gasteiger partial charge in [0.2, 0.25) is 5.82 Å². The predicted molar refractivity (Wildman–Crippen MR) is 102 cm³/mol. The summed E-state index contributed by atoms with van der Waals surface area (Å²) in [4.78, 5) is 28.7. The van der Waals surface area contributed by atoms with Crippen molar-refractivity contribution in [2.24, 2.45) is 11.7 Å². The maximum absolute atomic E-state index is 13.8. The summed E-state index contributed by atoms with van der Waals surface area (Å²) in [6.45, 7) is 0.452. The quantitative estimate of drug-likeness (QED) is 0.537. The highest BCUT2D eigenvalue weighted by Gasteiger charge is 2.35. The van der Waals surface area contributed by atoms with Crippen molar-refractivity contribution in [1.29, 1.82) is 0 Å². The first-order valence-electron chi connectivity index (χ1n) is 9.52. The number of hydrogen-bond acceptors (Lipinski definition) is 5. The van der Waals surface area contributed by atoms with E-state index in [0.717, 1.165) is 30.6 Å². The van der Waals surface area contributed by atoms with Crippen LogP contribution in [-0.2, 0) is 17.4 Å². The molecule has 174 valence electrons. The van der Waals surface area contributed by atoms with Crippen LogP contribution in [0.1, 0.15) is 34.6 Å². The molecule has 3 rings (SSSR count). The molecular weight excluding hydrogens is 439 g/mol. The Morgan fingerprint density at radius 3 is 2.31 bits per heavy atom. The van der Waals surface area contributed by atoms with E-state index in [4.69, 9.17) is 15.6 Å². The van der Waals surface area contributed by atoms with Gasteiger partial charge in [0.15, 0.2) is 0 Å². The average Bonchev–Trinajstić information content (AvgIpc) is 2.76. The number of carbonyl (C=O) groups is 2. The van der Waals surface area contributed by atoms with E-state index in [2.05, 4.69) is 9.97 Å². The molecule has 12 heteroatoms. The van der Waals surface area contributed by atoms with Gasteiger partial charge in [-0.2, -0.15) is 13.2 Å². The van der Waals surface area contributed by atoms with Gasteiger partial charge in [-0.25, -0.2) is 18.7 Å². The van der Waals surface area contributed by atoms with Crippen molar-refractivity contribution < 1.29 is 36.6 Å². The van der Waals surface area contributed by atoms with Gasteiger partial charge in [0.1, 0.15) is 11.6 Å². The third-order valence-electron chi connectivity index (χ3n) is 5.05. The van der Waals surface area contributed by atoms with Crippen LogP contribution in [0.15, 0.2) is 30.6 Å². The maximum atomic E-state index is 13.8. The molecule has 3 N–H and O–H groups in total. The Hall–Kier alpha value is -3.15. The van der Waals surface area contributed by atoms with E-state index in [1.54, 1.807) is 0 Å². The number of nitrogens with zero attached hydrogens (tertiary/aromatic N) is 3. The van der Waals surface area contributed by atoms with Gasteiger partial charge < -0.3 is 15.7 Å². The molecule has 2 aromatic rings. The van der Waals surface area contributed by atoms with Crippen LogP contribution in [0.5, 0.6) is 0 Å². The fourth-order valence-electron chi connectivity index (χ4n) is 3.42. The summed E-state index contributed by atoms with van der Waals surface area (Å²) in [7, 11) is 0. The second-order valence-electron chi connectivity index (χ2n) is 7.13. The average molecular weight is 460 g/mol. The van der Waals surface area contributed by atoms with Crippen LogP contribution in [0.25, 0.3) is 0 Å². The molecule has 1 fully saturated rings. The van der Waals surface area contributed by atoms with Crippen LogP contribution in [0.2, 0.25) is 0 Å². The number of hydrogen-bond donors (Lipinski definition) is 2. The lowest BCUT2D eigenvalue weighted by molar-refractivity contribution is -0.145. The Morgan fingerprint density at radius 1 is 1.22 bits per heavy atom. The first kappa shape index (κ1) is 25.1. The van der Waals surface area contributed by atoms with Crippen LogP contribution in [0.3, 0.4) is 0 Å². The van der Waals surface area contributed by atoms with Crippen LogP contribution in [-0.4, -0.2) is 51.5 Å². The smallest absolute Gasteiger partial charge is 0.451 e. The number of rotatable bonds is 4. The normalized spacial score (nSPS) is 15.5. The van der Waals surface area contributed by atoms with Gasteiger partial charge >= 0.3 is 6.18 Å². The van der Waals surface area contributed by atoms with E-state index in [1.807, 2.05) is 0 Å². The van der Waals surface area contributed by atoms with Crippen molar-refractivity contribution in [3.05, 3.63) is 59.2 Å². The van der Waals surface area contributed by atoms with Crippen molar-refractivity contribution in [3.8, 4) is 0 Å². The number of carboxylic acid groups (broad SMARTS) is 1. The van der Waals surface area contributed by atoms with Crippen LogP contribution >= 0.6 is 0 Å². The number of piperidine rings is 1. The second-order valence-corrected chi connectivity index (χ2v) is 7.13. The Balaban J connectivity index is 0.00000114. The van der Waals surface area contributed by atoms with E-state index in [0.29, 0.717) is 25.9 Å². The zero-order valence-electron chi connectivity index (χ0n) is 16.7. The molecular formula is C20H21F5N4O3. The van der Waals surface area contributed by atoms with Crippen LogP contribution in [0.4, 0.5) is 22.0 Å². The van der Waals surface area contributed by atoms with Gasteiger partial charge in [0.25, 0.3) is 12.4 Å². The SMILES string of the molecule is NC(Cc1cc(F)ccc1F)C1CCN(C(=O)c2cnc(C(F)(F)F)nc2)CC1.O=CO. The monoisotopic (exact) mass is 460 g/mol. The summed E-state index contributed by atoms with van der Waals surface area (Å²) in [5.41, 5.74) is 6.35. The molecule has 1 aromatic carbocycles. The number of nitrogens with two attached hydrogens (primary N) is 1. The van der Waals surface area contributed by atoms with E-state index in [9.17, 15) is 26.7 Å². The highest BCUT2D eigenvalue weighted by molar-refractivity contribution is 5.93. The van der Waals surface area contributed by atoms with Gasteiger partial charge in [-0.15, -0.1) is 0 Å². The topological polar surface area (TPSA) is 109 Å². The van der Waals surface area contributed by atoms with Crippen molar-refractivity contribution in [2.75, 3.05) is 13.1 Å². The summed E-state index contributed by atoms with van der Waals surface area (Å²) in [5.74, 6) is -2.81. The Labute approximate surface area is 180 Å². The molecule has 0 aliphatic carbocycles. The maximum Gasteiger partial charge on any atom is 0.451 e. The minimum atomic E-state index is -4.67. The van der Waals surface area contributed by atoms with Crippen molar-refractivity contribution >= 4 is 12.4 Å². The van der Waals surface area contributed by atoms with Crippen molar-refractivity contribution in [3.63, 3.8) is 0 Å². The molecule has 0 bridgehead atoms. The van der Waals surface area contributed by atoms with Crippen LogP contribution in [0, 0.1) is 17.6 Å². The van der Waals surface area contributed by atoms with Gasteiger partial charge in [0, 0.05) is 31.5 Å². The number of alkyl halides is 3. The molecule has 1 atom stereocenters. The number of amides is 1. The number of benzene rings is 1. The summed E-state index contributed by atoms with van der Waals surface area (Å²) >= 11 is 0. The Kier molecular flexibility index (Phi) is 8.58. The third kappa shape index (κ3) is 6.67. The molecule has 0 saturated carbocycles. The lowest BCUT2D eigenvalue weighted by Crippen LogP contribution is -2.44. The number of aromatic nitrogens is 2. The standard InChI is InChI=1S/C19H19F5N4O.CH2O2/c20-14-1-2-15(21)12(7-14)8-16(25)11-3-5-28(6-4-11)17(29)13-9-26-18(27-10-13)19(22,23)24;2-1-3/h1-2,7,9-11,16H,3-6,8,25H2;1H,(H,2,3). The largest absolute Gasteiger partial charge is 0.483 e. The second kappa shape index (κ2) is 10.9. The number of carbonyl (C=O) groups excluding carboxylic acids is 1. The molecule has 0 spiro atoms. The predicted octanol–water partition coefficient (Wildman–Crippen LogP) is 2.90. The molecule has 1 aliphatic heterocycles. The van der Waals surface area contributed by atoms with E-state index in [1.165, 1.54) is 4.90 Å². The molecule has 1 unspecified atom stereocenters. The van der Waals surface area contributed by atoms with Gasteiger partial charge in [-0.1, -0.05) is 0 Å². The molecule has 7 nitrogen and oxygen atoms in total. The van der Waals surface area contributed by atoms with E-state index in [-0.39, 0.29) is 29.9 Å². The zero-order chi connectivity index (χ0) is 23.9. The number of likely N-dealkylation sites (tertiary alicyclic amines) is 1. The minimum Gasteiger partial charge on any atom is -0.483 e. The van der Waals surface area contributed by atoms with Gasteiger partial charge in [-0.05, 0) is 48.9 Å². The molecule has 1 aromatic heterocycles. The van der Waals surface area contributed by atoms with Crippen LogP contribution < -0.4 is 5.73 Å². The fraction of sp³-hybridized carbons (Fsp3) is 0.400. The molecule has 1 saturated heterocycles. The van der Waals surface area contributed by atoms with Crippen molar-refractivity contribution in [1.82, 2.24) is 14.9 Å². The summed E-state index contributed by atoms with van der Waals surface area (Å²) in [6, 6.07) is 2.82. The molecule has 1 amide bonds. The number of halogens is 5. The first-order chi connectivity index (χ1) is 15.1. The summed E-state index contributed by atoms with van der Waals surface area (Å²) in [5, 5.41) is 6.89. The lowest BCUT2D eigenvalue weighted by Gasteiger charge is -2.34. The highest BCUT2D eigenvalue weighted by atomic mass is 19.4. The fourth-order valence-corrected chi connectivity index (χ4v) is 3.42. The molecule has 32 heavy (non-hydrogen) atoms. The zero-order valence-corrected chi connectivity index (χ0v) is 16.7.